The number of nitrogens with two attached hydrogens (primary N) is 1. The number of aromatic nitrogens is 3. The van der Waals surface area contributed by atoms with Gasteiger partial charge in [-0.1, -0.05) is 35.5 Å². The summed E-state index contributed by atoms with van der Waals surface area (Å²) in [7, 11) is 0. The van der Waals surface area contributed by atoms with Crippen LogP contribution in [0.1, 0.15) is 10.5 Å². The highest BCUT2D eigenvalue weighted by atomic mass is 16.5. The molecule has 21 heavy (non-hydrogen) atoms. The van der Waals surface area contributed by atoms with Crippen LogP contribution in [0.15, 0.2) is 45.8 Å². The first-order valence-electron chi connectivity index (χ1n) is 5.94. The van der Waals surface area contributed by atoms with E-state index < -0.39 is 11.5 Å². The summed E-state index contributed by atoms with van der Waals surface area (Å²) >= 11 is 0. The predicted octanol–water partition coefficient (Wildman–Crippen LogP) is 0.248. The zero-order valence-electron chi connectivity index (χ0n) is 10.6. The summed E-state index contributed by atoms with van der Waals surface area (Å²) in [6.45, 7) is 0. The maximum atomic E-state index is 11.7. The van der Waals surface area contributed by atoms with Crippen molar-refractivity contribution in [1.29, 1.82) is 0 Å². The Bertz CT molecular complexity index is 876. The van der Waals surface area contributed by atoms with Crippen molar-refractivity contribution in [3.8, 4) is 11.4 Å². The summed E-state index contributed by atoms with van der Waals surface area (Å²) in [6.07, 6.45) is 1.35. The molecule has 0 atom stereocenters. The van der Waals surface area contributed by atoms with Gasteiger partial charge in [0.15, 0.2) is 17.0 Å². The third kappa shape index (κ3) is 2.23. The van der Waals surface area contributed by atoms with E-state index in [1.807, 2.05) is 23.6 Å². The molecule has 0 saturated carbocycles. The highest BCUT2D eigenvalue weighted by Gasteiger charge is 2.17. The highest BCUT2D eigenvalue weighted by Crippen LogP contribution is 2.17. The summed E-state index contributed by atoms with van der Waals surface area (Å²) in [6, 6.07) is 9.11. The lowest BCUT2D eigenvalue weighted by Crippen LogP contribution is -2.31. The van der Waals surface area contributed by atoms with Gasteiger partial charge in [0.05, 0.1) is 5.39 Å². The Morgan fingerprint density at radius 3 is 2.71 bits per heavy atom. The molecule has 0 bridgehead atoms. The van der Waals surface area contributed by atoms with Crippen molar-refractivity contribution < 1.29 is 9.32 Å². The highest BCUT2D eigenvalue weighted by molar-refractivity contribution is 6.03. The number of benzene rings is 1. The van der Waals surface area contributed by atoms with E-state index in [1.54, 1.807) is 12.1 Å². The molecular weight excluding hydrogens is 274 g/mol. The first-order valence-corrected chi connectivity index (χ1v) is 5.94. The fourth-order valence-electron chi connectivity index (χ4n) is 1.85. The van der Waals surface area contributed by atoms with Gasteiger partial charge >= 0.3 is 5.63 Å². The fourth-order valence-corrected chi connectivity index (χ4v) is 1.85. The lowest BCUT2D eigenvalue weighted by Gasteiger charge is -2.03. The SMILES string of the molecule is NNC(=O)c1noc(=O)c2nc(-c3ccccc3)ncc12. The van der Waals surface area contributed by atoms with Gasteiger partial charge in [-0.3, -0.25) is 10.2 Å². The molecule has 0 aliphatic carbocycles. The second kappa shape index (κ2) is 5.10. The van der Waals surface area contributed by atoms with Crippen LogP contribution in [0.5, 0.6) is 0 Å². The molecule has 0 saturated heterocycles. The largest absolute Gasteiger partial charge is 0.384 e. The van der Waals surface area contributed by atoms with Crippen LogP contribution in [-0.2, 0) is 0 Å². The number of hydrogen-bond donors (Lipinski definition) is 2. The quantitative estimate of drug-likeness (QED) is 0.392. The Balaban J connectivity index is 2.25. The van der Waals surface area contributed by atoms with Gasteiger partial charge in [-0.2, -0.15) is 0 Å². The number of rotatable bonds is 2. The monoisotopic (exact) mass is 283 g/mol. The van der Waals surface area contributed by atoms with Gasteiger partial charge in [0.2, 0.25) is 0 Å². The third-order valence-corrected chi connectivity index (χ3v) is 2.84. The number of nitrogens with zero attached hydrogens (tertiary/aromatic N) is 3. The molecule has 3 N–H and O–H groups in total. The zero-order valence-corrected chi connectivity index (χ0v) is 10.6. The van der Waals surface area contributed by atoms with Crippen LogP contribution >= 0.6 is 0 Å². The minimum Gasteiger partial charge on any atom is -0.310 e. The normalized spacial score (nSPS) is 10.5. The van der Waals surface area contributed by atoms with E-state index in [2.05, 4.69) is 19.6 Å². The maximum absolute atomic E-state index is 11.7. The number of nitrogen functional groups attached to an aromatic ring is 1. The van der Waals surface area contributed by atoms with Gasteiger partial charge in [0.1, 0.15) is 0 Å². The van der Waals surface area contributed by atoms with Crippen LogP contribution in [0.4, 0.5) is 0 Å². The average Bonchev–Trinajstić information content (AvgIpc) is 2.55. The molecule has 0 aliphatic rings. The Hall–Kier alpha value is -3.13. The number of carbonyl (C=O) groups is 1. The molecule has 8 heteroatoms. The van der Waals surface area contributed by atoms with Crippen molar-refractivity contribution >= 4 is 16.8 Å². The van der Waals surface area contributed by atoms with Gasteiger partial charge in [0.25, 0.3) is 5.91 Å². The van der Waals surface area contributed by atoms with Crippen molar-refractivity contribution in [2.75, 3.05) is 0 Å². The first kappa shape index (κ1) is 12.9. The minimum atomic E-state index is -0.752. The number of fused-ring (bicyclic) bond motifs is 1. The molecule has 0 unspecified atom stereocenters. The molecule has 2 aromatic heterocycles. The molecule has 1 aromatic carbocycles. The van der Waals surface area contributed by atoms with E-state index in [0.717, 1.165) is 5.56 Å². The molecule has 0 radical (unpaired) electrons. The smallest absolute Gasteiger partial charge is 0.310 e. The average molecular weight is 283 g/mol. The Labute approximate surface area is 117 Å². The van der Waals surface area contributed by atoms with E-state index in [1.165, 1.54) is 6.20 Å². The van der Waals surface area contributed by atoms with Crippen LogP contribution in [0.3, 0.4) is 0 Å². The van der Waals surface area contributed by atoms with Crippen molar-refractivity contribution in [3.63, 3.8) is 0 Å². The van der Waals surface area contributed by atoms with Crippen LogP contribution < -0.4 is 16.9 Å². The minimum absolute atomic E-state index is 0.0301. The van der Waals surface area contributed by atoms with Crippen molar-refractivity contribution in [2.45, 2.75) is 0 Å². The van der Waals surface area contributed by atoms with Gasteiger partial charge < -0.3 is 4.52 Å². The van der Waals surface area contributed by atoms with E-state index in [0.29, 0.717) is 5.82 Å². The summed E-state index contributed by atoms with van der Waals surface area (Å²) < 4.78 is 4.57. The van der Waals surface area contributed by atoms with E-state index in [-0.39, 0.29) is 16.6 Å². The molecule has 0 aliphatic heterocycles. The van der Waals surface area contributed by atoms with Gasteiger partial charge in [-0.15, -0.1) is 0 Å². The molecule has 104 valence electrons. The van der Waals surface area contributed by atoms with Crippen LogP contribution in [0.25, 0.3) is 22.3 Å². The van der Waals surface area contributed by atoms with Crippen molar-refractivity contribution in [2.24, 2.45) is 5.84 Å². The number of amides is 1. The number of nitrogens with one attached hydrogen (secondary N) is 1. The van der Waals surface area contributed by atoms with E-state index in [4.69, 9.17) is 5.84 Å². The van der Waals surface area contributed by atoms with Gasteiger partial charge in [-0.05, 0) is 0 Å². The van der Waals surface area contributed by atoms with Gasteiger partial charge in [-0.25, -0.2) is 20.6 Å². The topological polar surface area (TPSA) is 124 Å². The lowest BCUT2D eigenvalue weighted by molar-refractivity contribution is 0.0942. The van der Waals surface area contributed by atoms with E-state index >= 15 is 0 Å². The molecule has 1 amide bonds. The maximum Gasteiger partial charge on any atom is 0.384 e. The van der Waals surface area contributed by atoms with Gasteiger partial charge in [0, 0.05) is 11.8 Å². The molecule has 3 rings (SSSR count). The molecule has 8 nitrogen and oxygen atoms in total. The summed E-state index contributed by atoms with van der Waals surface area (Å²) in [5.74, 6) is 4.71. The predicted molar refractivity (Wildman–Crippen MR) is 73.0 cm³/mol. The number of hydrazine groups is 1. The van der Waals surface area contributed by atoms with Crippen molar-refractivity contribution in [3.05, 3.63) is 52.6 Å². The fraction of sp³-hybridized carbons (Fsp3) is 0. The lowest BCUT2D eigenvalue weighted by atomic mass is 10.2. The molecular formula is C13H9N5O3. The first-order chi connectivity index (χ1) is 10.2. The summed E-state index contributed by atoms with van der Waals surface area (Å²) in [5.41, 5.74) is 1.73. The molecule has 0 fully saturated rings. The number of hydrogen-bond acceptors (Lipinski definition) is 7. The van der Waals surface area contributed by atoms with Crippen LogP contribution in [0, 0.1) is 0 Å². The number of carbonyl (C=O) groups excluding carboxylic acids is 1. The second-order valence-corrected chi connectivity index (χ2v) is 4.11. The standard InChI is InChI=1S/C13H9N5O3/c14-17-12(19)9-8-6-15-11(7-4-2-1-3-5-7)16-10(8)13(20)21-18-9/h1-6H,14H2,(H,17,19). The molecule has 2 heterocycles. The Morgan fingerprint density at radius 2 is 2.00 bits per heavy atom. The van der Waals surface area contributed by atoms with Crippen LogP contribution in [-0.4, -0.2) is 21.0 Å². The summed E-state index contributed by atoms with van der Waals surface area (Å²) in [4.78, 5) is 31.6. The molecule has 0 spiro atoms. The molecule has 3 aromatic rings. The third-order valence-electron chi connectivity index (χ3n) is 2.84. The summed E-state index contributed by atoms with van der Waals surface area (Å²) in [5, 5.41) is 3.59. The van der Waals surface area contributed by atoms with E-state index in [9.17, 15) is 9.59 Å². The Kier molecular flexibility index (Phi) is 3.13. The zero-order chi connectivity index (χ0) is 14.8. The van der Waals surface area contributed by atoms with Crippen molar-refractivity contribution in [1.82, 2.24) is 20.6 Å². The van der Waals surface area contributed by atoms with Crippen LogP contribution in [0.2, 0.25) is 0 Å². The Morgan fingerprint density at radius 1 is 1.24 bits per heavy atom. The second-order valence-electron chi connectivity index (χ2n) is 4.11.